The van der Waals surface area contributed by atoms with Gasteiger partial charge >= 0.3 is 0 Å². The first-order chi connectivity index (χ1) is 12.7. The highest BCUT2D eigenvalue weighted by atomic mass is 127. The van der Waals surface area contributed by atoms with Crippen molar-refractivity contribution < 1.29 is 8.42 Å². The van der Waals surface area contributed by atoms with E-state index in [2.05, 4.69) is 48.5 Å². The fourth-order valence-electron chi connectivity index (χ4n) is 3.11. The zero-order valence-electron chi connectivity index (χ0n) is 17.2. The topological polar surface area (TPSA) is 70.6 Å². The molecule has 5 nitrogen and oxygen atoms in total. The van der Waals surface area contributed by atoms with Crippen molar-refractivity contribution in [1.82, 2.24) is 10.6 Å². The molecule has 7 heteroatoms. The smallest absolute Gasteiger partial charge is 0.191 e. The minimum atomic E-state index is -3.15. The van der Waals surface area contributed by atoms with Crippen LogP contribution in [0, 0.1) is 20.8 Å². The van der Waals surface area contributed by atoms with Crippen LogP contribution in [0.1, 0.15) is 27.8 Å². The first-order valence-electron chi connectivity index (χ1n) is 9.01. The standard InChI is InChI=1S/C21H29N3O2S.HI/c1-15-12-16(2)20(17(3)13-15)14-24-21(22-4)23-11-10-18-6-8-19(9-7-18)27(5,25)26;/h6-9,12-13H,10-11,14H2,1-5H3,(H2,22,23,24);1H. The summed E-state index contributed by atoms with van der Waals surface area (Å²) in [5.41, 5.74) is 6.21. The molecule has 0 heterocycles. The molecule has 0 amide bonds. The normalized spacial score (nSPS) is 11.7. The summed E-state index contributed by atoms with van der Waals surface area (Å²) in [4.78, 5) is 4.62. The Balaban J connectivity index is 0.00000392. The lowest BCUT2D eigenvalue weighted by Gasteiger charge is -2.15. The maximum atomic E-state index is 11.5. The van der Waals surface area contributed by atoms with E-state index in [4.69, 9.17) is 0 Å². The van der Waals surface area contributed by atoms with Crippen molar-refractivity contribution in [2.24, 2.45) is 4.99 Å². The lowest BCUT2D eigenvalue weighted by atomic mass is 10.00. The van der Waals surface area contributed by atoms with E-state index < -0.39 is 9.84 Å². The number of aliphatic imine (C=N–C) groups is 1. The zero-order valence-corrected chi connectivity index (χ0v) is 20.3. The van der Waals surface area contributed by atoms with Crippen LogP contribution in [0.3, 0.4) is 0 Å². The molecule has 0 bridgehead atoms. The van der Waals surface area contributed by atoms with Gasteiger partial charge in [-0.25, -0.2) is 8.42 Å². The van der Waals surface area contributed by atoms with Crippen LogP contribution in [0.25, 0.3) is 0 Å². The Bertz CT molecular complexity index is 900. The molecule has 2 aromatic carbocycles. The number of nitrogens with one attached hydrogen (secondary N) is 2. The molecule has 0 spiro atoms. The maximum Gasteiger partial charge on any atom is 0.191 e. The molecule has 0 aliphatic heterocycles. The van der Waals surface area contributed by atoms with Gasteiger partial charge in [-0.1, -0.05) is 29.8 Å². The third-order valence-electron chi connectivity index (χ3n) is 4.55. The summed E-state index contributed by atoms with van der Waals surface area (Å²) < 4.78 is 23.0. The second kappa shape index (κ2) is 10.8. The van der Waals surface area contributed by atoms with Gasteiger partial charge in [0.05, 0.1) is 4.90 Å². The molecule has 0 saturated heterocycles. The SMILES string of the molecule is CN=C(NCCc1ccc(S(C)(=O)=O)cc1)NCc1c(C)cc(C)cc1C.I. The summed E-state index contributed by atoms with van der Waals surface area (Å²) in [6, 6.07) is 11.4. The molecule has 0 fully saturated rings. The average Bonchev–Trinajstić information content (AvgIpc) is 2.59. The van der Waals surface area contributed by atoms with Crippen molar-refractivity contribution in [2.75, 3.05) is 19.8 Å². The molecule has 0 saturated carbocycles. The van der Waals surface area contributed by atoms with E-state index in [1.165, 1.54) is 28.5 Å². The number of rotatable bonds is 6. The number of hydrogen-bond acceptors (Lipinski definition) is 3. The Morgan fingerprint density at radius 2 is 1.57 bits per heavy atom. The number of benzene rings is 2. The van der Waals surface area contributed by atoms with Crippen LogP contribution >= 0.6 is 24.0 Å². The average molecular weight is 515 g/mol. The molecule has 154 valence electrons. The third kappa shape index (κ3) is 7.09. The second-order valence-corrected chi connectivity index (χ2v) is 8.91. The number of nitrogens with zero attached hydrogens (tertiary/aromatic N) is 1. The molecule has 0 aromatic heterocycles. The molecule has 0 unspecified atom stereocenters. The summed E-state index contributed by atoms with van der Waals surface area (Å²) in [6.45, 7) is 7.81. The first-order valence-corrected chi connectivity index (χ1v) is 10.9. The molecular weight excluding hydrogens is 485 g/mol. The van der Waals surface area contributed by atoms with Gasteiger partial charge in [0.15, 0.2) is 15.8 Å². The quantitative estimate of drug-likeness (QED) is 0.351. The van der Waals surface area contributed by atoms with Gasteiger partial charge in [-0.05, 0) is 61.6 Å². The van der Waals surface area contributed by atoms with E-state index in [9.17, 15) is 8.42 Å². The molecule has 0 aliphatic carbocycles. The fourth-order valence-corrected chi connectivity index (χ4v) is 3.74. The lowest BCUT2D eigenvalue weighted by molar-refractivity contribution is 0.602. The minimum Gasteiger partial charge on any atom is -0.356 e. The summed E-state index contributed by atoms with van der Waals surface area (Å²) in [5.74, 6) is 0.752. The van der Waals surface area contributed by atoms with Gasteiger partial charge in [-0.15, -0.1) is 24.0 Å². The van der Waals surface area contributed by atoms with E-state index in [1.807, 2.05) is 12.1 Å². The Morgan fingerprint density at radius 3 is 2.07 bits per heavy atom. The van der Waals surface area contributed by atoms with Crippen LogP contribution in [-0.4, -0.2) is 34.2 Å². The Hall–Kier alpha value is -1.61. The number of halogens is 1. The highest BCUT2D eigenvalue weighted by Gasteiger charge is 2.07. The number of sulfone groups is 1. The molecule has 2 N–H and O–H groups in total. The van der Waals surface area contributed by atoms with Crippen molar-refractivity contribution in [3.63, 3.8) is 0 Å². The van der Waals surface area contributed by atoms with Crippen LogP contribution in [0.4, 0.5) is 0 Å². The van der Waals surface area contributed by atoms with Gasteiger partial charge in [-0.2, -0.15) is 0 Å². The highest BCUT2D eigenvalue weighted by Crippen LogP contribution is 2.16. The van der Waals surface area contributed by atoms with Gasteiger partial charge in [0.1, 0.15) is 0 Å². The molecule has 0 aliphatic rings. The summed E-state index contributed by atoms with van der Waals surface area (Å²) in [7, 11) is -1.39. The molecular formula is C21H30IN3O2S. The second-order valence-electron chi connectivity index (χ2n) is 6.90. The Labute approximate surface area is 186 Å². The number of hydrogen-bond donors (Lipinski definition) is 2. The largest absolute Gasteiger partial charge is 0.356 e. The molecule has 0 radical (unpaired) electrons. The summed E-state index contributed by atoms with van der Waals surface area (Å²) in [6.07, 6.45) is 2.00. The Kier molecular flexibility index (Phi) is 9.43. The zero-order chi connectivity index (χ0) is 20.0. The van der Waals surface area contributed by atoms with Gasteiger partial charge in [-0.3, -0.25) is 4.99 Å². The first kappa shape index (κ1) is 24.4. The third-order valence-corrected chi connectivity index (χ3v) is 5.68. The minimum absolute atomic E-state index is 0. The van der Waals surface area contributed by atoms with Crippen LogP contribution < -0.4 is 10.6 Å². The summed E-state index contributed by atoms with van der Waals surface area (Å²) >= 11 is 0. The molecule has 2 aromatic rings. The monoisotopic (exact) mass is 515 g/mol. The Morgan fingerprint density at radius 1 is 1.00 bits per heavy atom. The van der Waals surface area contributed by atoms with Crippen molar-refractivity contribution in [1.29, 1.82) is 0 Å². The lowest BCUT2D eigenvalue weighted by Crippen LogP contribution is -2.38. The van der Waals surface area contributed by atoms with Crippen molar-refractivity contribution >= 4 is 39.8 Å². The van der Waals surface area contributed by atoms with Crippen molar-refractivity contribution in [2.45, 2.75) is 38.6 Å². The number of guanidine groups is 1. The van der Waals surface area contributed by atoms with E-state index in [1.54, 1.807) is 19.2 Å². The maximum absolute atomic E-state index is 11.5. The van der Waals surface area contributed by atoms with E-state index in [0.717, 1.165) is 24.5 Å². The van der Waals surface area contributed by atoms with Crippen LogP contribution in [0.15, 0.2) is 46.3 Å². The van der Waals surface area contributed by atoms with Crippen LogP contribution in [0.5, 0.6) is 0 Å². The highest BCUT2D eigenvalue weighted by molar-refractivity contribution is 14.0. The van der Waals surface area contributed by atoms with E-state index in [-0.39, 0.29) is 24.0 Å². The fraction of sp³-hybridized carbons (Fsp3) is 0.381. The van der Waals surface area contributed by atoms with Gasteiger partial charge in [0, 0.05) is 26.4 Å². The predicted molar refractivity (Wildman–Crippen MR) is 128 cm³/mol. The van der Waals surface area contributed by atoms with Crippen molar-refractivity contribution in [3.05, 3.63) is 64.2 Å². The van der Waals surface area contributed by atoms with Crippen molar-refractivity contribution in [3.8, 4) is 0 Å². The number of aryl methyl sites for hydroxylation is 3. The summed E-state index contributed by atoms with van der Waals surface area (Å²) in [5, 5.41) is 6.67. The molecule has 28 heavy (non-hydrogen) atoms. The van der Waals surface area contributed by atoms with Crippen LogP contribution in [0.2, 0.25) is 0 Å². The van der Waals surface area contributed by atoms with Gasteiger partial charge < -0.3 is 10.6 Å². The molecule has 2 rings (SSSR count). The van der Waals surface area contributed by atoms with E-state index >= 15 is 0 Å². The van der Waals surface area contributed by atoms with Crippen LogP contribution in [-0.2, 0) is 22.8 Å². The molecule has 0 atom stereocenters. The predicted octanol–water partition coefficient (Wildman–Crippen LogP) is 3.54. The van der Waals surface area contributed by atoms with Gasteiger partial charge in [0.25, 0.3) is 0 Å². The van der Waals surface area contributed by atoms with E-state index in [0.29, 0.717) is 11.4 Å². The van der Waals surface area contributed by atoms with Gasteiger partial charge in [0.2, 0.25) is 0 Å².